The summed E-state index contributed by atoms with van der Waals surface area (Å²) in [5, 5.41) is 0. The number of hydrogen-bond acceptors (Lipinski definition) is 7. The van der Waals surface area contributed by atoms with Crippen LogP contribution in [0.4, 0.5) is 5.69 Å². The fourth-order valence-electron chi connectivity index (χ4n) is 15.9. The number of hydrogen-bond donors (Lipinski definition) is 0. The largest absolute Gasteiger partial charge is 2.00 e. The van der Waals surface area contributed by atoms with Gasteiger partial charge in [-0.25, -0.2) is 14.8 Å². The molecule has 0 spiro atoms. The molecule has 2 unspecified atom stereocenters. The molecule has 3 aromatic heterocycles. The van der Waals surface area contributed by atoms with E-state index in [9.17, 15) is 4.79 Å². The van der Waals surface area contributed by atoms with E-state index in [-0.39, 0.29) is 32.1 Å². The van der Waals surface area contributed by atoms with E-state index in [2.05, 4.69) is 133 Å². The molecular weight excluding hydrogens is 1180 g/mol. The Kier molecular flexibility index (Phi) is 27.5. The minimum atomic E-state index is -0.301. The summed E-state index contributed by atoms with van der Waals surface area (Å²) >= 11 is 0. The molecule has 9 nitrogen and oxygen atoms in total. The molecule has 2 aliphatic carbocycles. The zero-order chi connectivity index (χ0) is 62.4. The van der Waals surface area contributed by atoms with Gasteiger partial charge in [0.15, 0.2) is 0 Å². The van der Waals surface area contributed by atoms with E-state index in [0.717, 1.165) is 137 Å². The molecule has 488 valence electrons. The topological polar surface area (TPSA) is 90.0 Å². The molecule has 10 heteroatoms. The van der Waals surface area contributed by atoms with Crippen molar-refractivity contribution in [3.63, 3.8) is 0 Å². The molecule has 4 saturated heterocycles. The molecule has 8 aliphatic rings. The molecule has 0 radical (unpaired) electrons. The maximum atomic E-state index is 13.5. The van der Waals surface area contributed by atoms with E-state index < -0.39 is 0 Å². The van der Waals surface area contributed by atoms with Crippen LogP contribution in [0.25, 0.3) is 57.5 Å². The zero-order valence-corrected chi connectivity index (χ0v) is 60.1. The normalized spacial score (nSPS) is 19.8. The first-order valence-corrected chi connectivity index (χ1v) is 37.2. The summed E-state index contributed by atoms with van der Waals surface area (Å²) in [7, 11) is 0. The molecule has 5 fully saturated rings. The van der Waals surface area contributed by atoms with Gasteiger partial charge in [0.1, 0.15) is 6.61 Å². The number of carbonyl (C=O) groups excluding carboxylic acids is 1. The number of nitrogens with zero attached hydrogens (tertiary/aromatic N) is 7. The molecule has 5 aromatic rings. The first-order valence-electron chi connectivity index (χ1n) is 37.2. The molecule has 13 rings (SSSR count). The average Bonchev–Trinajstić information content (AvgIpc) is 1.63. The van der Waals surface area contributed by atoms with Crippen molar-refractivity contribution in [2.45, 2.75) is 226 Å². The summed E-state index contributed by atoms with van der Waals surface area (Å²) in [6.45, 7) is 17.2. The van der Waals surface area contributed by atoms with E-state index in [4.69, 9.17) is 24.7 Å². The Bertz CT molecular complexity index is 3280. The number of anilines is 1. The van der Waals surface area contributed by atoms with Crippen molar-refractivity contribution < 1.29 is 29.0 Å². The summed E-state index contributed by atoms with van der Waals surface area (Å²) in [6, 6.07) is 25.5. The third-order valence-electron chi connectivity index (χ3n) is 21.5. The van der Waals surface area contributed by atoms with Gasteiger partial charge in [-0.2, -0.15) is 0 Å². The van der Waals surface area contributed by atoms with Crippen LogP contribution in [-0.4, -0.2) is 78.1 Å². The van der Waals surface area contributed by atoms with Crippen molar-refractivity contribution in [2.24, 2.45) is 23.7 Å². The molecular formula is C82H111N7O2Zn. The first-order chi connectivity index (χ1) is 44.9. The van der Waals surface area contributed by atoms with Crippen molar-refractivity contribution >= 4 is 58.0 Å². The van der Waals surface area contributed by atoms with Crippen LogP contribution in [0.3, 0.4) is 0 Å². The molecule has 9 heterocycles. The Labute approximate surface area is 567 Å². The van der Waals surface area contributed by atoms with Crippen LogP contribution in [0, 0.1) is 23.7 Å². The Morgan fingerprint density at radius 1 is 0.446 bits per heavy atom. The number of ether oxygens (including phenoxy) is 1. The van der Waals surface area contributed by atoms with E-state index in [1.54, 1.807) is 0 Å². The molecule has 12 bridgehead atoms. The maximum Gasteiger partial charge on any atom is 2.00 e. The molecule has 6 aliphatic heterocycles. The number of allylic oxidation sites excluding steroid dienone is 2. The second-order valence-electron chi connectivity index (χ2n) is 28.1. The van der Waals surface area contributed by atoms with Crippen LogP contribution < -0.4 is 14.9 Å². The van der Waals surface area contributed by atoms with E-state index in [0.29, 0.717) is 5.56 Å². The number of esters is 1. The second kappa shape index (κ2) is 36.5. The summed E-state index contributed by atoms with van der Waals surface area (Å²) in [5.41, 5.74) is 16.4. The van der Waals surface area contributed by atoms with Crippen LogP contribution in [-0.2, 0) is 50.1 Å². The number of carbonyl (C=O) groups is 1. The summed E-state index contributed by atoms with van der Waals surface area (Å²) < 4.78 is 5.98. The number of aromatic nitrogens is 4. The quantitative estimate of drug-likeness (QED) is 0.0167. The van der Waals surface area contributed by atoms with Gasteiger partial charge in [0.05, 0.1) is 28.3 Å². The zero-order valence-electron chi connectivity index (χ0n) is 57.1. The Morgan fingerprint density at radius 2 is 0.815 bits per heavy atom. The predicted molar refractivity (Wildman–Crippen MR) is 383 cm³/mol. The number of aryl methyl sites for hydroxylation is 3. The van der Waals surface area contributed by atoms with Gasteiger partial charge in [-0.15, -0.1) is 22.1 Å². The van der Waals surface area contributed by atoms with Gasteiger partial charge in [0, 0.05) is 58.0 Å². The van der Waals surface area contributed by atoms with Gasteiger partial charge in [-0.1, -0.05) is 236 Å². The van der Waals surface area contributed by atoms with Crippen LogP contribution >= 0.6 is 0 Å². The van der Waals surface area contributed by atoms with Gasteiger partial charge >= 0.3 is 25.4 Å². The van der Waals surface area contributed by atoms with Crippen LogP contribution in [0.15, 0.2) is 84.9 Å². The smallest absolute Gasteiger partial charge is 0.657 e. The Balaban J connectivity index is 0.000000948. The fourth-order valence-corrected chi connectivity index (χ4v) is 15.9. The average molecular weight is 1290 g/mol. The molecule has 0 amide bonds. The maximum absolute atomic E-state index is 13.5. The summed E-state index contributed by atoms with van der Waals surface area (Å²) in [4.78, 5) is 43.4. The van der Waals surface area contributed by atoms with Crippen LogP contribution in [0.2, 0.25) is 0 Å². The molecule has 2 aromatic carbocycles. The van der Waals surface area contributed by atoms with Crippen molar-refractivity contribution in [1.29, 1.82) is 0 Å². The monoisotopic (exact) mass is 1290 g/mol. The number of piperazine rings is 3. The summed E-state index contributed by atoms with van der Waals surface area (Å²) in [5.74, 6) is 2.72. The van der Waals surface area contributed by atoms with Crippen molar-refractivity contribution in [3.8, 4) is 11.1 Å². The number of fused-ring (bicyclic) bond motifs is 16. The number of rotatable bonds is 35. The Morgan fingerprint density at radius 3 is 1.23 bits per heavy atom. The molecule has 0 N–H and O–H groups in total. The number of unbranched alkanes of at least 4 members (excludes halogenated alkanes) is 24. The predicted octanol–water partition coefficient (Wildman–Crippen LogP) is 20.0. The fraction of sp³-hybridized carbons (Fsp3) is 0.573. The minimum Gasteiger partial charge on any atom is -0.657 e. The molecule has 1 saturated carbocycles. The second-order valence-corrected chi connectivity index (χ2v) is 28.1. The van der Waals surface area contributed by atoms with E-state index in [1.807, 2.05) is 12.1 Å². The van der Waals surface area contributed by atoms with Crippen molar-refractivity contribution in [1.82, 2.24) is 29.7 Å². The van der Waals surface area contributed by atoms with Crippen molar-refractivity contribution in [3.05, 3.63) is 136 Å². The first kappa shape index (κ1) is 69.4. The van der Waals surface area contributed by atoms with Gasteiger partial charge in [0.25, 0.3) is 0 Å². The van der Waals surface area contributed by atoms with Gasteiger partial charge in [0.2, 0.25) is 0 Å². The van der Waals surface area contributed by atoms with Gasteiger partial charge in [-0.05, 0) is 151 Å². The van der Waals surface area contributed by atoms with E-state index in [1.165, 1.54) is 222 Å². The number of benzene rings is 2. The van der Waals surface area contributed by atoms with Gasteiger partial charge in [-0.3, -0.25) is 9.80 Å². The summed E-state index contributed by atoms with van der Waals surface area (Å²) in [6.07, 6.45) is 52.9. The molecule has 4 atom stereocenters. The van der Waals surface area contributed by atoms with E-state index >= 15 is 0 Å². The Hall–Kier alpha value is -5.41. The molecule has 92 heavy (non-hydrogen) atoms. The van der Waals surface area contributed by atoms with Crippen LogP contribution in [0.5, 0.6) is 0 Å². The van der Waals surface area contributed by atoms with Gasteiger partial charge < -0.3 is 19.6 Å². The SMILES string of the molecule is C1CN2CCN1CC2.CCCCCCCCCCCc1c2nc(c(CCCCCCCCCCC)c3ccc([n-]3)c(-c3ccc(COC(=O)c4ccc(N5CC6C(C5)[C@H]5C=C[C@@H]6C5)cc4)cc3)c3nc(c(CCCCCCCCCCC)c4ccc1[n-]4)C=C3)C=C2.[Zn+2]. The minimum absolute atomic E-state index is 0. The van der Waals surface area contributed by atoms with Crippen LogP contribution in [0.1, 0.15) is 256 Å². The van der Waals surface area contributed by atoms with Crippen molar-refractivity contribution in [2.75, 3.05) is 57.3 Å². The third kappa shape index (κ3) is 19.0. The standard InChI is InChI=1S/C76H99N5O2.C6H12N2.Zn/c1-4-7-10-13-16-19-22-25-28-31-62-67-44-46-69(77-67)63(32-29-26-23-20-17-14-11-8-5-2)71-48-50-73(79-71)75(74-51-49-72(80-74)64(70-47-45-68(62)78-70)33-30-27-24-21-18-15-12-9-6-3)57-36-34-56(35-37-57)55-83-76(82)58-40-42-61(43-41-58)81-53-65-59-38-39-60(52-59)66(65)54-81;1-2-8-5-3-7(1)4-6-8;/h34-51,59-60,65-66H,4-33,52-55H2,1-3H3;1-6H2;/q-2;;+2/t59-,60+,65?,66?;;. The third-order valence-corrected chi connectivity index (χ3v) is 21.5.